The smallest absolute Gasteiger partial charge is 0.229 e. The van der Waals surface area contributed by atoms with E-state index >= 15 is 0 Å². The quantitative estimate of drug-likeness (QED) is 0.495. The van der Waals surface area contributed by atoms with Crippen LogP contribution in [0.15, 0.2) is 24.4 Å². The molecule has 0 aliphatic carbocycles. The Hall–Kier alpha value is -2.16. The maximum Gasteiger partial charge on any atom is 0.229 e. The summed E-state index contributed by atoms with van der Waals surface area (Å²) in [6.45, 7) is 16.3. The summed E-state index contributed by atoms with van der Waals surface area (Å²) in [6, 6.07) is 6.00. The number of likely N-dealkylation sites (tertiary alicyclic amines) is 1. The third kappa shape index (κ3) is 6.03. The summed E-state index contributed by atoms with van der Waals surface area (Å²) in [6.07, 6.45) is 4.18. The van der Waals surface area contributed by atoms with Gasteiger partial charge in [0.1, 0.15) is 0 Å². The lowest BCUT2D eigenvalue weighted by molar-refractivity contribution is -0.00778. The summed E-state index contributed by atoms with van der Waals surface area (Å²) < 4.78 is 14.7. The number of piperidine rings is 1. The molecule has 2 aliphatic rings. The van der Waals surface area contributed by atoms with Gasteiger partial charge in [-0.3, -0.25) is 9.80 Å². The lowest BCUT2D eigenvalue weighted by Crippen LogP contribution is -2.61. The van der Waals surface area contributed by atoms with E-state index in [-0.39, 0.29) is 22.9 Å². The second-order valence-corrected chi connectivity index (χ2v) is 11.9. The predicted octanol–water partition coefficient (Wildman–Crippen LogP) is 5.61. The number of halogens is 2. The fraction of sp³-hybridized carbons (Fsp3) is 0.630. The molecule has 2 saturated heterocycles. The highest BCUT2D eigenvalue weighted by Crippen LogP contribution is 2.38. The third-order valence-electron chi connectivity index (χ3n) is 7.85. The Morgan fingerprint density at radius 1 is 1.08 bits per heavy atom. The van der Waals surface area contributed by atoms with E-state index in [1.165, 1.54) is 12.6 Å². The molecule has 2 fully saturated rings. The van der Waals surface area contributed by atoms with E-state index in [4.69, 9.17) is 11.6 Å². The number of anilines is 4. The molecule has 1 aromatic carbocycles. The van der Waals surface area contributed by atoms with Crippen LogP contribution in [0.4, 0.5) is 27.5 Å². The SMILES string of the molecule is CCCN1CCN(c2ccc(Nc3ncc(F)c(NC4CC(C)(C)N(C)C(C)(C)C4)n3)cc2Cl)CC1. The molecule has 4 rings (SSSR count). The van der Waals surface area contributed by atoms with Gasteiger partial charge in [0.05, 0.1) is 16.9 Å². The number of hydrogen-bond donors (Lipinski definition) is 2. The zero-order valence-corrected chi connectivity index (χ0v) is 23.3. The molecular formula is C27H41ClFN7. The van der Waals surface area contributed by atoms with E-state index in [1.807, 2.05) is 18.2 Å². The van der Waals surface area contributed by atoms with Crippen LogP contribution >= 0.6 is 11.6 Å². The van der Waals surface area contributed by atoms with Crippen LogP contribution in [0.2, 0.25) is 5.02 Å². The Morgan fingerprint density at radius 2 is 1.75 bits per heavy atom. The summed E-state index contributed by atoms with van der Waals surface area (Å²) in [5.74, 6) is 0.106. The van der Waals surface area contributed by atoms with Gasteiger partial charge in [0, 0.05) is 49.0 Å². The molecular weight excluding hydrogens is 477 g/mol. The summed E-state index contributed by atoms with van der Waals surface area (Å²) in [5.41, 5.74) is 1.79. The standard InChI is InChI=1S/C27H41ClFN7/c1-7-10-35-11-13-36(14-12-35)23-9-8-19(15-21(23)28)32-25-30-18-22(29)24(33-25)31-20-16-26(2,3)34(6)27(4,5)17-20/h8-9,15,18,20H,7,10-14,16-17H2,1-6H3,(H2,30,31,32,33). The van der Waals surface area contributed by atoms with Crippen molar-refractivity contribution in [2.45, 2.75) is 71.0 Å². The number of rotatable bonds is 7. The van der Waals surface area contributed by atoms with Gasteiger partial charge in [-0.2, -0.15) is 4.98 Å². The van der Waals surface area contributed by atoms with Gasteiger partial charge in [0.15, 0.2) is 11.6 Å². The summed E-state index contributed by atoms with van der Waals surface area (Å²) in [5, 5.41) is 7.23. The summed E-state index contributed by atoms with van der Waals surface area (Å²) in [4.78, 5) is 15.8. The Bertz CT molecular complexity index is 1030. The fourth-order valence-electron chi connectivity index (χ4n) is 5.69. The first-order valence-corrected chi connectivity index (χ1v) is 13.4. The average molecular weight is 518 g/mol. The molecule has 2 aromatic rings. The van der Waals surface area contributed by atoms with Crippen molar-refractivity contribution in [1.29, 1.82) is 0 Å². The van der Waals surface area contributed by atoms with E-state index < -0.39 is 5.82 Å². The van der Waals surface area contributed by atoms with Crippen LogP contribution < -0.4 is 15.5 Å². The highest BCUT2D eigenvalue weighted by Gasteiger charge is 2.43. The van der Waals surface area contributed by atoms with Gasteiger partial charge in [0.2, 0.25) is 5.95 Å². The summed E-state index contributed by atoms with van der Waals surface area (Å²) in [7, 11) is 2.16. The molecule has 0 saturated carbocycles. The number of benzene rings is 1. The Morgan fingerprint density at radius 3 is 2.36 bits per heavy atom. The molecule has 2 aliphatic heterocycles. The van der Waals surface area contributed by atoms with E-state index in [9.17, 15) is 4.39 Å². The van der Waals surface area contributed by atoms with Gasteiger partial charge in [0.25, 0.3) is 0 Å². The zero-order valence-electron chi connectivity index (χ0n) is 22.5. The molecule has 9 heteroatoms. The minimum atomic E-state index is -0.453. The maximum atomic E-state index is 14.7. The van der Waals surface area contributed by atoms with Crippen LogP contribution in [-0.4, -0.2) is 76.7 Å². The van der Waals surface area contributed by atoms with Crippen LogP contribution in [0.1, 0.15) is 53.9 Å². The van der Waals surface area contributed by atoms with Gasteiger partial charge in [-0.1, -0.05) is 18.5 Å². The average Bonchev–Trinajstić information content (AvgIpc) is 2.80. The molecule has 1 aromatic heterocycles. The molecule has 0 unspecified atom stereocenters. The monoisotopic (exact) mass is 517 g/mol. The third-order valence-corrected chi connectivity index (χ3v) is 8.15. The Kier molecular flexibility index (Phi) is 7.98. The molecule has 0 atom stereocenters. The molecule has 7 nitrogen and oxygen atoms in total. The lowest BCUT2D eigenvalue weighted by Gasteiger charge is -2.53. The first-order valence-electron chi connectivity index (χ1n) is 13.1. The molecule has 198 valence electrons. The van der Waals surface area contributed by atoms with E-state index in [0.717, 1.165) is 56.9 Å². The van der Waals surface area contributed by atoms with E-state index in [1.54, 1.807) is 0 Å². The molecule has 2 N–H and O–H groups in total. The van der Waals surface area contributed by atoms with Crippen LogP contribution in [0.5, 0.6) is 0 Å². The fourth-order valence-corrected chi connectivity index (χ4v) is 5.99. The van der Waals surface area contributed by atoms with Crippen LogP contribution in [-0.2, 0) is 0 Å². The van der Waals surface area contributed by atoms with Crippen molar-refractivity contribution in [2.75, 3.05) is 55.3 Å². The second kappa shape index (κ2) is 10.7. The number of aromatic nitrogens is 2. The van der Waals surface area contributed by atoms with Crippen molar-refractivity contribution >= 4 is 34.7 Å². The van der Waals surface area contributed by atoms with Gasteiger partial charge >= 0.3 is 0 Å². The van der Waals surface area contributed by atoms with Gasteiger partial charge in [-0.25, -0.2) is 9.37 Å². The topological polar surface area (TPSA) is 59.6 Å². The van der Waals surface area contributed by atoms with Crippen molar-refractivity contribution in [3.05, 3.63) is 35.2 Å². The largest absolute Gasteiger partial charge is 0.368 e. The van der Waals surface area contributed by atoms with Crippen molar-refractivity contribution in [3.8, 4) is 0 Å². The molecule has 0 spiro atoms. The van der Waals surface area contributed by atoms with Gasteiger partial charge < -0.3 is 15.5 Å². The van der Waals surface area contributed by atoms with Crippen LogP contribution in [0.3, 0.4) is 0 Å². The first-order chi connectivity index (χ1) is 17.0. The minimum Gasteiger partial charge on any atom is -0.368 e. The van der Waals surface area contributed by atoms with Crippen LogP contribution in [0, 0.1) is 5.82 Å². The summed E-state index contributed by atoms with van der Waals surface area (Å²) >= 11 is 6.66. The molecule has 0 amide bonds. The van der Waals surface area contributed by atoms with Gasteiger partial charge in [-0.15, -0.1) is 0 Å². The predicted molar refractivity (Wildman–Crippen MR) is 148 cm³/mol. The lowest BCUT2D eigenvalue weighted by atomic mass is 9.77. The van der Waals surface area contributed by atoms with Crippen molar-refractivity contribution < 1.29 is 4.39 Å². The Balaban J connectivity index is 1.43. The number of nitrogens with one attached hydrogen (secondary N) is 2. The molecule has 36 heavy (non-hydrogen) atoms. The Labute approximate surface area is 220 Å². The molecule has 3 heterocycles. The van der Waals surface area contributed by atoms with Crippen molar-refractivity contribution in [3.63, 3.8) is 0 Å². The normalized spacial score (nSPS) is 20.9. The number of hydrogen-bond acceptors (Lipinski definition) is 7. The van der Waals surface area contributed by atoms with Crippen LogP contribution in [0.25, 0.3) is 0 Å². The van der Waals surface area contributed by atoms with Crippen molar-refractivity contribution in [1.82, 2.24) is 19.8 Å². The second-order valence-electron chi connectivity index (χ2n) is 11.4. The molecule has 0 bridgehead atoms. The molecule has 0 radical (unpaired) electrons. The number of nitrogens with zero attached hydrogens (tertiary/aromatic N) is 5. The number of piperazine rings is 1. The van der Waals surface area contributed by atoms with Gasteiger partial charge in [-0.05, 0) is 78.7 Å². The maximum absolute atomic E-state index is 14.7. The van der Waals surface area contributed by atoms with E-state index in [2.05, 4.69) is 77.0 Å². The highest BCUT2D eigenvalue weighted by atomic mass is 35.5. The highest BCUT2D eigenvalue weighted by molar-refractivity contribution is 6.33. The van der Waals surface area contributed by atoms with E-state index in [0.29, 0.717) is 11.0 Å². The minimum absolute atomic E-state index is 0.00879. The zero-order chi connectivity index (χ0) is 26.1. The van der Waals surface area contributed by atoms with Crippen molar-refractivity contribution in [2.24, 2.45) is 0 Å². The first kappa shape index (κ1) is 26.9.